The van der Waals surface area contributed by atoms with Crippen molar-refractivity contribution < 1.29 is 14.3 Å². The Labute approximate surface area is 160 Å². The summed E-state index contributed by atoms with van der Waals surface area (Å²) in [6.07, 6.45) is 0.645. The zero-order valence-electron chi connectivity index (χ0n) is 15.8. The second-order valence-corrected chi connectivity index (χ2v) is 8.11. The first-order valence-electron chi connectivity index (χ1n) is 9.58. The molecule has 5 rings (SSSR count). The van der Waals surface area contributed by atoms with Crippen molar-refractivity contribution in [2.75, 3.05) is 31.8 Å². The average Bonchev–Trinajstić information content (AvgIpc) is 2.96. The summed E-state index contributed by atoms with van der Waals surface area (Å²) < 4.78 is 12.3. The molecule has 3 atom stereocenters. The number of nitrogens with zero attached hydrogens (tertiary/aromatic N) is 1. The minimum Gasteiger partial charge on any atom is -0.376 e. The van der Waals surface area contributed by atoms with Gasteiger partial charge in [0.2, 0.25) is 5.91 Å². The third kappa shape index (κ3) is 2.26. The maximum Gasteiger partial charge on any atom is 0.233 e. The third-order valence-corrected chi connectivity index (χ3v) is 6.49. The molecule has 2 aromatic carbocycles. The van der Waals surface area contributed by atoms with Crippen LogP contribution >= 0.6 is 0 Å². The van der Waals surface area contributed by atoms with E-state index in [1.165, 1.54) is 11.5 Å². The standard InChI is InChI=1S/C23H24NO3/c1-22-14-23(15-26-12-13-27-23)19(16-8-4-3-5-9-16)20(22)17-10-6-7-11-18(17)24(2)21(22)25/h3-11,19H,12-15H2,1-2H3/t19-,22-,23+/m1/s1. The summed E-state index contributed by atoms with van der Waals surface area (Å²) in [5.41, 5.74) is 2.22. The summed E-state index contributed by atoms with van der Waals surface area (Å²) in [6, 6.07) is 18.7. The van der Waals surface area contributed by atoms with Gasteiger partial charge in [-0.05, 0) is 30.5 Å². The number of amides is 1. The summed E-state index contributed by atoms with van der Waals surface area (Å²) >= 11 is 0. The van der Waals surface area contributed by atoms with E-state index >= 15 is 0 Å². The number of para-hydroxylation sites is 1. The first-order valence-corrected chi connectivity index (χ1v) is 9.58. The molecule has 4 nitrogen and oxygen atoms in total. The number of hydrogen-bond acceptors (Lipinski definition) is 3. The molecule has 1 aliphatic carbocycles. The van der Waals surface area contributed by atoms with Gasteiger partial charge in [0.15, 0.2) is 0 Å². The van der Waals surface area contributed by atoms with Crippen molar-refractivity contribution in [1.29, 1.82) is 0 Å². The van der Waals surface area contributed by atoms with E-state index in [-0.39, 0.29) is 11.8 Å². The molecular weight excluding hydrogens is 338 g/mol. The number of hydrogen-bond donors (Lipinski definition) is 0. The fourth-order valence-electron chi connectivity index (χ4n) is 5.47. The maximum absolute atomic E-state index is 13.5. The van der Waals surface area contributed by atoms with Crippen LogP contribution in [-0.2, 0) is 14.3 Å². The van der Waals surface area contributed by atoms with Gasteiger partial charge in [0.25, 0.3) is 0 Å². The van der Waals surface area contributed by atoms with Crippen molar-refractivity contribution in [1.82, 2.24) is 0 Å². The van der Waals surface area contributed by atoms with Gasteiger partial charge < -0.3 is 14.4 Å². The number of anilines is 1. The molecule has 2 fully saturated rings. The van der Waals surface area contributed by atoms with Crippen LogP contribution in [0.15, 0.2) is 54.6 Å². The molecule has 1 spiro atoms. The molecular formula is C23H24NO3. The second-order valence-electron chi connectivity index (χ2n) is 8.11. The minimum atomic E-state index is -0.593. The Hall–Kier alpha value is -2.17. The number of ether oxygens (including phenoxy) is 2. The van der Waals surface area contributed by atoms with E-state index < -0.39 is 11.0 Å². The van der Waals surface area contributed by atoms with Crippen molar-refractivity contribution >= 4 is 11.6 Å². The summed E-state index contributed by atoms with van der Waals surface area (Å²) in [4.78, 5) is 15.3. The molecule has 1 amide bonds. The molecule has 27 heavy (non-hydrogen) atoms. The number of rotatable bonds is 1. The fourth-order valence-corrected chi connectivity index (χ4v) is 5.47. The Kier molecular flexibility index (Phi) is 3.72. The third-order valence-electron chi connectivity index (χ3n) is 6.49. The summed E-state index contributed by atoms with van der Waals surface area (Å²) in [5, 5.41) is 0. The molecule has 139 valence electrons. The zero-order chi connectivity index (χ0) is 18.6. The Morgan fingerprint density at radius 2 is 1.78 bits per heavy atom. The Morgan fingerprint density at radius 1 is 1.04 bits per heavy atom. The largest absolute Gasteiger partial charge is 0.376 e. The monoisotopic (exact) mass is 362 g/mol. The maximum atomic E-state index is 13.5. The molecule has 2 aliphatic heterocycles. The van der Waals surface area contributed by atoms with Gasteiger partial charge in [0, 0.05) is 24.6 Å². The van der Waals surface area contributed by atoms with Crippen LogP contribution in [0.25, 0.3) is 0 Å². The number of carbonyl (C=O) groups excluding carboxylic acids is 1. The zero-order valence-corrected chi connectivity index (χ0v) is 15.8. The van der Waals surface area contributed by atoms with Crippen LogP contribution in [0.4, 0.5) is 5.69 Å². The van der Waals surface area contributed by atoms with Gasteiger partial charge in [-0.25, -0.2) is 0 Å². The topological polar surface area (TPSA) is 38.8 Å². The van der Waals surface area contributed by atoms with Gasteiger partial charge in [-0.15, -0.1) is 0 Å². The first-order chi connectivity index (χ1) is 13.1. The second kappa shape index (κ2) is 5.91. The van der Waals surface area contributed by atoms with Gasteiger partial charge in [0.1, 0.15) is 5.60 Å². The Bertz CT molecular complexity index is 874. The Morgan fingerprint density at radius 3 is 2.52 bits per heavy atom. The highest BCUT2D eigenvalue weighted by molar-refractivity contribution is 6.04. The lowest BCUT2D eigenvalue weighted by molar-refractivity contribution is -0.165. The SMILES string of the molecule is CN1C(=O)[C@]2(C)C[C@]3(COCCO3)[C@H](c3ccccc3)[C]2c2ccccc21. The number of fused-ring (bicyclic) bond motifs is 3. The first kappa shape index (κ1) is 17.0. The Balaban J connectivity index is 1.76. The van der Waals surface area contributed by atoms with Gasteiger partial charge in [0.05, 0.1) is 25.2 Å². The lowest BCUT2D eigenvalue weighted by atomic mass is 9.67. The van der Waals surface area contributed by atoms with Crippen LogP contribution in [0.2, 0.25) is 0 Å². The van der Waals surface area contributed by atoms with E-state index in [4.69, 9.17) is 9.47 Å². The van der Waals surface area contributed by atoms with Crippen molar-refractivity contribution in [3.63, 3.8) is 0 Å². The lowest BCUT2D eigenvalue weighted by Crippen LogP contribution is -2.47. The summed E-state index contributed by atoms with van der Waals surface area (Å²) in [7, 11) is 1.88. The van der Waals surface area contributed by atoms with Gasteiger partial charge in [-0.2, -0.15) is 0 Å². The highest BCUT2D eigenvalue weighted by Crippen LogP contribution is 2.65. The highest BCUT2D eigenvalue weighted by Gasteiger charge is 2.67. The van der Waals surface area contributed by atoms with Crippen molar-refractivity contribution in [2.24, 2.45) is 5.41 Å². The molecule has 1 radical (unpaired) electrons. The number of carbonyl (C=O) groups is 1. The molecule has 3 aliphatic rings. The van der Waals surface area contributed by atoms with Gasteiger partial charge in [-0.3, -0.25) is 4.79 Å². The average molecular weight is 362 g/mol. The van der Waals surface area contributed by atoms with E-state index in [1.807, 2.05) is 30.1 Å². The molecule has 0 N–H and O–H groups in total. The summed E-state index contributed by atoms with van der Waals surface area (Å²) in [5.74, 6) is 1.32. The molecule has 4 heteroatoms. The van der Waals surface area contributed by atoms with Crippen LogP contribution in [0, 0.1) is 11.3 Å². The van der Waals surface area contributed by atoms with Crippen LogP contribution in [-0.4, -0.2) is 38.4 Å². The van der Waals surface area contributed by atoms with Gasteiger partial charge in [-0.1, -0.05) is 48.5 Å². The van der Waals surface area contributed by atoms with E-state index in [9.17, 15) is 4.79 Å². The van der Waals surface area contributed by atoms with E-state index in [2.05, 4.69) is 43.3 Å². The van der Waals surface area contributed by atoms with Crippen molar-refractivity contribution in [2.45, 2.75) is 24.9 Å². The molecule has 0 bridgehead atoms. The molecule has 1 saturated heterocycles. The predicted octanol–water partition coefficient (Wildman–Crippen LogP) is 3.56. The molecule has 1 saturated carbocycles. The molecule has 2 heterocycles. The minimum absolute atomic E-state index is 0.00259. The highest BCUT2D eigenvalue weighted by atomic mass is 16.6. The van der Waals surface area contributed by atoms with Crippen molar-refractivity contribution in [3.8, 4) is 0 Å². The van der Waals surface area contributed by atoms with E-state index in [0.717, 1.165) is 11.3 Å². The van der Waals surface area contributed by atoms with Crippen LogP contribution in [0.5, 0.6) is 0 Å². The number of benzene rings is 2. The van der Waals surface area contributed by atoms with Crippen molar-refractivity contribution in [3.05, 3.63) is 71.6 Å². The predicted molar refractivity (Wildman–Crippen MR) is 104 cm³/mol. The molecule has 0 unspecified atom stereocenters. The quantitative estimate of drug-likeness (QED) is 0.779. The normalized spacial score (nSPS) is 33.2. The molecule has 2 aromatic rings. The smallest absolute Gasteiger partial charge is 0.233 e. The van der Waals surface area contributed by atoms with E-state index in [0.29, 0.717) is 26.2 Å². The lowest BCUT2D eigenvalue weighted by Gasteiger charge is -2.42. The van der Waals surface area contributed by atoms with Crippen LogP contribution < -0.4 is 4.90 Å². The van der Waals surface area contributed by atoms with Gasteiger partial charge >= 0.3 is 0 Å². The fraction of sp³-hybridized carbons (Fsp3) is 0.391. The van der Waals surface area contributed by atoms with Crippen LogP contribution in [0.1, 0.15) is 30.4 Å². The summed E-state index contributed by atoms with van der Waals surface area (Å²) in [6.45, 7) is 3.78. The van der Waals surface area contributed by atoms with Crippen LogP contribution in [0.3, 0.4) is 0 Å². The van der Waals surface area contributed by atoms with E-state index in [1.54, 1.807) is 0 Å². The molecule has 0 aromatic heterocycles.